The van der Waals surface area contributed by atoms with Crippen LogP contribution in [-0.2, 0) is 37.3 Å². The molecule has 10 rings (SSSR count). The molecule has 9 aromatic rings. The molecule has 0 atom stereocenters. The number of aryl methyl sites for hydroxylation is 2. The Labute approximate surface area is 417 Å². The van der Waals surface area contributed by atoms with Crippen LogP contribution in [0.4, 0.5) is 17.1 Å². The van der Waals surface area contributed by atoms with E-state index >= 15 is 0 Å². The molecule has 68 heavy (non-hydrogen) atoms. The summed E-state index contributed by atoms with van der Waals surface area (Å²) in [7, 11) is 0. The predicted octanol–water partition coefficient (Wildman–Crippen LogP) is 16.2. The fourth-order valence-corrected chi connectivity index (χ4v) is 9.89. The van der Waals surface area contributed by atoms with E-state index in [0.717, 1.165) is 50.7 Å². The van der Waals surface area contributed by atoms with Gasteiger partial charge in [-0.25, -0.2) is 0 Å². The van der Waals surface area contributed by atoms with Gasteiger partial charge in [0.05, 0.1) is 11.1 Å². The van der Waals surface area contributed by atoms with Crippen molar-refractivity contribution < 1.29 is 25.8 Å². The summed E-state index contributed by atoms with van der Waals surface area (Å²) in [6.45, 7) is 17.8. The van der Waals surface area contributed by atoms with Gasteiger partial charge in [-0.05, 0) is 123 Å². The van der Waals surface area contributed by atoms with Gasteiger partial charge in [0.25, 0.3) is 0 Å². The van der Waals surface area contributed by atoms with Gasteiger partial charge in [0.1, 0.15) is 0 Å². The molecule has 0 fully saturated rings. The molecule has 0 aliphatic heterocycles. The molecule has 0 radical (unpaired) electrons. The Balaban J connectivity index is 0.00000578. The van der Waals surface area contributed by atoms with Crippen LogP contribution < -0.4 is 9.64 Å². The van der Waals surface area contributed by atoms with E-state index in [-0.39, 0.29) is 31.9 Å². The second kappa shape index (κ2) is 18.3. The van der Waals surface area contributed by atoms with Crippen LogP contribution in [0.1, 0.15) is 86.2 Å². The number of benzene rings is 7. The maximum Gasteiger partial charge on any atom is 2.00 e. The van der Waals surface area contributed by atoms with E-state index in [1.807, 2.05) is 24.5 Å². The van der Waals surface area contributed by atoms with E-state index in [1.165, 1.54) is 44.5 Å². The van der Waals surface area contributed by atoms with E-state index in [1.54, 1.807) is 0 Å². The Hall–Kier alpha value is -6.87. The molecule has 0 saturated heterocycles. The topological polar surface area (TPSA) is 38.2 Å². The van der Waals surface area contributed by atoms with Crippen molar-refractivity contribution in [3.63, 3.8) is 0 Å². The van der Waals surface area contributed by atoms with E-state index in [2.05, 4.69) is 236 Å². The van der Waals surface area contributed by atoms with Gasteiger partial charge in [0.2, 0.25) is 0 Å². The first kappa shape index (κ1) is 46.2. The average Bonchev–Trinajstić information content (AvgIpc) is 3.63. The largest absolute Gasteiger partial charge is 2.00 e. The molecule has 0 unspecified atom stereocenters. The van der Waals surface area contributed by atoms with E-state index in [4.69, 9.17) is 14.7 Å². The quantitative estimate of drug-likeness (QED) is 0.135. The number of ether oxygens (including phenoxy) is 1. The third-order valence-electron chi connectivity index (χ3n) is 13.3. The third kappa shape index (κ3) is 8.52. The number of hydrogen-bond acceptors (Lipinski definition) is 4. The number of hydrogen-bond donors (Lipinski definition) is 0. The standard InChI is InChI=1S/C63H55N3O.Pt/c1-42-17-15-18-43(2)60(42)45-37-44(58-41-51(34-36-64-58)66(49-30-26-46(27-31-49)61(3,4)5)50-32-28-47(29-33-50)62(6,7)8)38-53(39-45)67-52-20-16-19-48(40-52)63(59-25-13-14-35-65-59)56-23-11-9-21-54(56)55-22-10-12-24-57(55)63;/h9-37,39,41H,1-8H3;/q-2;+2. The van der Waals surface area contributed by atoms with Gasteiger partial charge in [-0.2, -0.15) is 12.1 Å². The van der Waals surface area contributed by atoms with Gasteiger partial charge < -0.3 is 14.6 Å². The summed E-state index contributed by atoms with van der Waals surface area (Å²) >= 11 is 0. The molecular weight excluding hydrogens is 1010 g/mol. The molecule has 0 bridgehead atoms. The Morgan fingerprint density at radius 3 is 1.65 bits per heavy atom. The second-order valence-electron chi connectivity index (χ2n) is 19.8. The maximum absolute atomic E-state index is 6.96. The van der Waals surface area contributed by atoms with Crippen molar-refractivity contribution in [1.82, 2.24) is 9.97 Å². The van der Waals surface area contributed by atoms with Crippen molar-refractivity contribution in [3.05, 3.63) is 245 Å². The smallest absolute Gasteiger partial charge is 0.503 e. The second-order valence-corrected chi connectivity index (χ2v) is 19.8. The van der Waals surface area contributed by atoms with Gasteiger partial charge in [-0.1, -0.05) is 162 Å². The van der Waals surface area contributed by atoms with Crippen LogP contribution in [0.5, 0.6) is 11.5 Å². The molecule has 4 nitrogen and oxygen atoms in total. The number of anilines is 3. The molecular formula is C63H55N3OPt. The fourth-order valence-electron chi connectivity index (χ4n) is 9.89. The van der Waals surface area contributed by atoms with Crippen LogP contribution in [0.15, 0.2) is 188 Å². The van der Waals surface area contributed by atoms with Gasteiger partial charge in [-0.15, -0.1) is 29.3 Å². The summed E-state index contributed by atoms with van der Waals surface area (Å²) in [5, 5.41) is 0. The Morgan fingerprint density at radius 2 is 1.07 bits per heavy atom. The van der Waals surface area contributed by atoms with Gasteiger partial charge in [-0.3, -0.25) is 4.98 Å². The van der Waals surface area contributed by atoms with Crippen molar-refractivity contribution in [3.8, 4) is 45.0 Å². The summed E-state index contributed by atoms with van der Waals surface area (Å²) in [4.78, 5) is 12.4. The SMILES string of the molecule is Cc1cccc(C)c1-c1cc(Oc2[c-]c(C3(c4ccccn4)c4ccccc4-c4ccccc43)ccc2)[c-]c(-c2cc(N(c3ccc(C(C)(C)C)cc3)c3ccc(C(C)(C)C)cc3)ccn2)c1.[Pt+2]. The predicted molar refractivity (Wildman–Crippen MR) is 276 cm³/mol. The number of rotatable bonds is 9. The molecule has 2 aromatic heterocycles. The zero-order valence-electron chi connectivity index (χ0n) is 40.0. The molecule has 7 aromatic carbocycles. The summed E-state index contributed by atoms with van der Waals surface area (Å²) < 4.78 is 6.96. The molecule has 0 N–H and O–H groups in total. The number of aromatic nitrogens is 2. The monoisotopic (exact) mass is 1060 g/mol. The van der Waals surface area contributed by atoms with Crippen molar-refractivity contribution in [2.24, 2.45) is 0 Å². The van der Waals surface area contributed by atoms with Crippen LogP contribution in [-0.4, -0.2) is 9.97 Å². The van der Waals surface area contributed by atoms with Crippen molar-refractivity contribution in [2.45, 2.75) is 71.6 Å². The van der Waals surface area contributed by atoms with Gasteiger partial charge in [0.15, 0.2) is 0 Å². The first-order valence-electron chi connectivity index (χ1n) is 23.2. The minimum absolute atomic E-state index is 0. The van der Waals surface area contributed by atoms with Crippen LogP contribution in [0, 0.1) is 26.0 Å². The minimum atomic E-state index is -0.709. The summed E-state index contributed by atoms with van der Waals surface area (Å²) in [6, 6.07) is 70.0. The Kier molecular flexibility index (Phi) is 12.5. The molecule has 0 spiro atoms. The van der Waals surface area contributed by atoms with Crippen molar-refractivity contribution >= 4 is 17.1 Å². The Bertz CT molecular complexity index is 3130. The van der Waals surface area contributed by atoms with Crippen molar-refractivity contribution in [2.75, 3.05) is 4.90 Å². The van der Waals surface area contributed by atoms with Gasteiger partial charge >= 0.3 is 21.1 Å². The molecule has 0 amide bonds. The number of fused-ring (bicyclic) bond motifs is 3. The molecule has 5 heteroatoms. The maximum atomic E-state index is 6.96. The van der Waals surface area contributed by atoms with E-state index in [0.29, 0.717) is 11.5 Å². The van der Waals surface area contributed by atoms with Crippen molar-refractivity contribution in [1.29, 1.82) is 0 Å². The van der Waals surface area contributed by atoms with Crippen LogP contribution >= 0.6 is 0 Å². The molecule has 1 aliphatic carbocycles. The zero-order chi connectivity index (χ0) is 46.5. The molecule has 1 aliphatic rings. The van der Waals surface area contributed by atoms with E-state index in [9.17, 15) is 0 Å². The Morgan fingerprint density at radius 1 is 0.500 bits per heavy atom. The normalized spacial score (nSPS) is 12.7. The summed E-state index contributed by atoms with van der Waals surface area (Å²) in [6.07, 6.45) is 3.78. The molecule has 0 saturated carbocycles. The third-order valence-corrected chi connectivity index (χ3v) is 13.3. The minimum Gasteiger partial charge on any atom is -0.503 e. The number of pyridine rings is 2. The summed E-state index contributed by atoms with van der Waals surface area (Å²) in [5.74, 6) is 1.16. The van der Waals surface area contributed by atoms with E-state index < -0.39 is 5.41 Å². The average molecular weight is 1070 g/mol. The van der Waals surface area contributed by atoms with Gasteiger partial charge in [0, 0.05) is 41.0 Å². The van der Waals surface area contributed by atoms with Crippen LogP contribution in [0.3, 0.4) is 0 Å². The first-order chi connectivity index (χ1) is 32.3. The molecule has 2 heterocycles. The van der Waals surface area contributed by atoms with Crippen LogP contribution in [0.25, 0.3) is 33.5 Å². The number of nitrogens with zero attached hydrogens (tertiary/aromatic N) is 3. The zero-order valence-corrected chi connectivity index (χ0v) is 42.2. The molecule has 338 valence electrons. The summed E-state index contributed by atoms with van der Waals surface area (Å²) in [5.41, 5.74) is 17.8. The fraction of sp³-hybridized carbons (Fsp3) is 0.175. The first-order valence-corrected chi connectivity index (χ1v) is 23.2. The van der Waals surface area contributed by atoms with Crippen LogP contribution in [0.2, 0.25) is 0 Å².